The molecule has 1 heterocycles. The highest BCUT2D eigenvalue weighted by atomic mass is 35.5. The largest absolute Gasteiger partial charge is 0.497 e. The van der Waals surface area contributed by atoms with Gasteiger partial charge in [0.15, 0.2) is 5.76 Å². The van der Waals surface area contributed by atoms with Crippen molar-refractivity contribution in [3.63, 3.8) is 0 Å². The number of rotatable bonds is 5. The maximum absolute atomic E-state index is 12.8. The molecule has 0 unspecified atom stereocenters. The molecule has 0 fully saturated rings. The van der Waals surface area contributed by atoms with Gasteiger partial charge in [-0.25, -0.2) is 0 Å². The zero-order valence-electron chi connectivity index (χ0n) is 16.1. The summed E-state index contributed by atoms with van der Waals surface area (Å²) in [5.41, 5.74) is 3.08. The molecule has 4 rings (SSSR count). The minimum absolute atomic E-state index is 0.141. The fraction of sp³-hybridized carbons (Fsp3) is 0.125. The van der Waals surface area contributed by atoms with Gasteiger partial charge in [-0.15, -0.1) is 0 Å². The zero-order chi connectivity index (χ0) is 20.4. The number of ketones is 1. The zero-order valence-corrected chi connectivity index (χ0v) is 16.8. The van der Waals surface area contributed by atoms with Crippen LogP contribution >= 0.6 is 11.6 Å². The lowest BCUT2D eigenvalue weighted by Crippen LogP contribution is -2.00. The molecule has 3 aromatic rings. The van der Waals surface area contributed by atoms with E-state index in [-0.39, 0.29) is 11.5 Å². The number of hydrogen-bond donors (Lipinski definition) is 0. The van der Waals surface area contributed by atoms with Crippen molar-refractivity contribution in [2.45, 2.75) is 13.5 Å². The van der Waals surface area contributed by atoms with E-state index < -0.39 is 0 Å². The van der Waals surface area contributed by atoms with Crippen molar-refractivity contribution in [2.75, 3.05) is 7.11 Å². The van der Waals surface area contributed by atoms with Crippen molar-refractivity contribution in [2.24, 2.45) is 0 Å². The molecule has 0 atom stereocenters. The molecule has 1 aliphatic heterocycles. The number of halogens is 1. The molecule has 1 aliphatic rings. The average molecular weight is 407 g/mol. The van der Waals surface area contributed by atoms with Gasteiger partial charge in [0, 0.05) is 16.7 Å². The van der Waals surface area contributed by atoms with Crippen LogP contribution in [-0.4, -0.2) is 12.9 Å². The number of aryl methyl sites for hydroxylation is 1. The number of methoxy groups -OCH3 is 1. The second-order valence-electron chi connectivity index (χ2n) is 6.71. The second-order valence-corrected chi connectivity index (χ2v) is 7.12. The van der Waals surface area contributed by atoms with Gasteiger partial charge in [0.25, 0.3) is 0 Å². The van der Waals surface area contributed by atoms with E-state index in [0.29, 0.717) is 34.4 Å². The van der Waals surface area contributed by atoms with Gasteiger partial charge >= 0.3 is 0 Å². The Morgan fingerprint density at radius 3 is 2.66 bits per heavy atom. The van der Waals surface area contributed by atoms with E-state index in [1.54, 1.807) is 19.3 Å². The predicted octanol–water partition coefficient (Wildman–Crippen LogP) is 5.85. The van der Waals surface area contributed by atoms with E-state index in [1.165, 1.54) is 0 Å². The highest BCUT2D eigenvalue weighted by Crippen LogP contribution is 2.38. The Bertz CT molecular complexity index is 1120. The Balaban J connectivity index is 1.58. The number of ether oxygens (including phenoxy) is 3. The number of fused-ring (bicyclic) bond motifs is 1. The van der Waals surface area contributed by atoms with Gasteiger partial charge < -0.3 is 14.2 Å². The summed E-state index contributed by atoms with van der Waals surface area (Å²) >= 11 is 6.19. The summed E-state index contributed by atoms with van der Waals surface area (Å²) in [7, 11) is 1.60. The minimum atomic E-state index is -0.141. The standard InChI is InChI=1S/C24H19ClO4/c1-15-10-19(28-14-17-7-3-4-9-20(17)25)13-21-23(15)24(26)22(29-21)12-16-6-5-8-18(11-16)27-2/h3-13H,14H2,1-2H3/b22-12-. The molecular formula is C24H19ClO4. The molecule has 0 amide bonds. The van der Waals surface area contributed by atoms with Gasteiger partial charge in [0.05, 0.1) is 12.7 Å². The van der Waals surface area contributed by atoms with Crippen molar-refractivity contribution in [3.8, 4) is 17.2 Å². The van der Waals surface area contributed by atoms with E-state index in [0.717, 1.165) is 16.7 Å². The summed E-state index contributed by atoms with van der Waals surface area (Å²) in [4.78, 5) is 12.8. The number of allylic oxidation sites excluding steroid dienone is 1. The highest BCUT2D eigenvalue weighted by molar-refractivity contribution is 6.31. The maximum atomic E-state index is 12.8. The molecule has 3 aromatic carbocycles. The Kier molecular flexibility index (Phi) is 5.28. The molecule has 5 heteroatoms. The minimum Gasteiger partial charge on any atom is -0.497 e. The van der Waals surface area contributed by atoms with E-state index >= 15 is 0 Å². The van der Waals surface area contributed by atoms with Crippen LogP contribution in [0.2, 0.25) is 5.02 Å². The van der Waals surface area contributed by atoms with Gasteiger partial charge in [-0.2, -0.15) is 0 Å². The fourth-order valence-corrected chi connectivity index (χ4v) is 3.41. The van der Waals surface area contributed by atoms with Gasteiger partial charge in [-0.3, -0.25) is 4.79 Å². The van der Waals surface area contributed by atoms with Crippen molar-refractivity contribution in [1.29, 1.82) is 0 Å². The normalized spacial score (nSPS) is 13.9. The Morgan fingerprint density at radius 2 is 1.86 bits per heavy atom. The lowest BCUT2D eigenvalue weighted by Gasteiger charge is -2.10. The lowest BCUT2D eigenvalue weighted by molar-refractivity contribution is 0.101. The van der Waals surface area contributed by atoms with Crippen LogP contribution in [0.5, 0.6) is 17.2 Å². The summed E-state index contributed by atoms with van der Waals surface area (Å²) in [6, 6.07) is 18.6. The average Bonchev–Trinajstić information content (AvgIpc) is 3.03. The first kappa shape index (κ1) is 19.1. The Hall–Kier alpha value is -3.24. The van der Waals surface area contributed by atoms with Crippen LogP contribution in [0.4, 0.5) is 0 Å². The Morgan fingerprint density at radius 1 is 1.03 bits per heavy atom. The molecule has 0 N–H and O–H groups in total. The van der Waals surface area contributed by atoms with Crippen molar-refractivity contribution < 1.29 is 19.0 Å². The number of Topliss-reactive ketones (excluding diaryl/α,β-unsaturated/α-hetero) is 1. The number of carbonyl (C=O) groups excluding carboxylic acids is 1. The lowest BCUT2D eigenvalue weighted by atomic mass is 10.0. The highest BCUT2D eigenvalue weighted by Gasteiger charge is 2.30. The van der Waals surface area contributed by atoms with Crippen LogP contribution in [-0.2, 0) is 6.61 Å². The first-order valence-corrected chi connectivity index (χ1v) is 9.52. The molecular weight excluding hydrogens is 388 g/mol. The van der Waals surface area contributed by atoms with E-state index in [1.807, 2.05) is 61.5 Å². The SMILES string of the molecule is COc1cccc(/C=C2\Oc3cc(OCc4ccccc4Cl)cc(C)c3C2=O)c1. The van der Waals surface area contributed by atoms with E-state index in [2.05, 4.69) is 0 Å². The quantitative estimate of drug-likeness (QED) is 0.498. The van der Waals surface area contributed by atoms with Crippen molar-refractivity contribution >= 4 is 23.5 Å². The van der Waals surface area contributed by atoms with E-state index in [4.69, 9.17) is 25.8 Å². The monoisotopic (exact) mass is 406 g/mol. The van der Waals surface area contributed by atoms with Crippen molar-refractivity contribution in [3.05, 3.63) is 93.7 Å². The number of carbonyl (C=O) groups is 1. The molecule has 0 saturated heterocycles. The maximum Gasteiger partial charge on any atom is 0.232 e. The first-order valence-electron chi connectivity index (χ1n) is 9.14. The van der Waals surface area contributed by atoms with Gasteiger partial charge in [-0.05, 0) is 48.4 Å². The topological polar surface area (TPSA) is 44.8 Å². The van der Waals surface area contributed by atoms with Crippen LogP contribution in [0, 0.1) is 6.92 Å². The Labute approximate surface area is 174 Å². The molecule has 4 nitrogen and oxygen atoms in total. The van der Waals surface area contributed by atoms with Crippen LogP contribution in [0.3, 0.4) is 0 Å². The fourth-order valence-electron chi connectivity index (χ4n) is 3.22. The molecule has 0 radical (unpaired) electrons. The molecule has 0 saturated carbocycles. The third kappa shape index (κ3) is 3.98. The predicted molar refractivity (Wildman–Crippen MR) is 113 cm³/mol. The van der Waals surface area contributed by atoms with Gasteiger partial charge in [0.2, 0.25) is 5.78 Å². The summed E-state index contributed by atoms with van der Waals surface area (Å²) in [5, 5.41) is 0.653. The van der Waals surface area contributed by atoms with E-state index in [9.17, 15) is 4.79 Å². The third-order valence-corrected chi connectivity index (χ3v) is 5.06. The summed E-state index contributed by atoms with van der Waals surface area (Å²) < 4.78 is 17.0. The number of hydrogen-bond acceptors (Lipinski definition) is 4. The van der Waals surface area contributed by atoms with Crippen LogP contribution in [0.15, 0.2) is 66.4 Å². The third-order valence-electron chi connectivity index (χ3n) is 4.69. The molecule has 0 bridgehead atoms. The van der Waals surface area contributed by atoms with Crippen LogP contribution in [0.25, 0.3) is 6.08 Å². The summed E-state index contributed by atoms with van der Waals surface area (Å²) in [5.74, 6) is 1.97. The van der Waals surface area contributed by atoms with Gasteiger partial charge in [-0.1, -0.05) is 41.9 Å². The van der Waals surface area contributed by atoms with Crippen LogP contribution < -0.4 is 14.2 Å². The molecule has 0 aliphatic carbocycles. The summed E-state index contributed by atoms with van der Waals surface area (Å²) in [6.45, 7) is 2.20. The first-order chi connectivity index (χ1) is 14.0. The van der Waals surface area contributed by atoms with Crippen molar-refractivity contribution in [1.82, 2.24) is 0 Å². The summed E-state index contributed by atoms with van der Waals surface area (Å²) in [6.07, 6.45) is 1.72. The van der Waals surface area contributed by atoms with Crippen LogP contribution in [0.1, 0.15) is 27.0 Å². The molecule has 29 heavy (non-hydrogen) atoms. The molecule has 0 aromatic heterocycles. The smallest absolute Gasteiger partial charge is 0.232 e. The van der Waals surface area contributed by atoms with Gasteiger partial charge in [0.1, 0.15) is 23.9 Å². The molecule has 0 spiro atoms. The number of benzene rings is 3. The molecule has 146 valence electrons. The second kappa shape index (κ2) is 8.02.